The minimum Gasteiger partial charge on any atom is -0.348 e. The quantitative estimate of drug-likeness (QED) is 0.866. The number of hydrogen-bond acceptors (Lipinski definition) is 1. The molecule has 1 saturated carbocycles. The van der Waals surface area contributed by atoms with E-state index in [1.165, 1.54) is 0 Å². The number of hydrogen-bond donors (Lipinski definition) is 1. The van der Waals surface area contributed by atoms with Crippen molar-refractivity contribution in [2.24, 2.45) is 13.0 Å². The lowest BCUT2D eigenvalue weighted by Gasteiger charge is -2.31. The molecule has 0 radical (unpaired) electrons. The van der Waals surface area contributed by atoms with Gasteiger partial charge >= 0.3 is 6.18 Å². The number of carbonyl (C=O) groups is 1. The van der Waals surface area contributed by atoms with E-state index in [9.17, 15) is 18.0 Å². The van der Waals surface area contributed by atoms with Crippen molar-refractivity contribution in [3.05, 3.63) is 22.4 Å². The van der Waals surface area contributed by atoms with Crippen molar-refractivity contribution in [2.75, 3.05) is 0 Å². The molecule has 7 heteroatoms. The largest absolute Gasteiger partial charge is 0.391 e. The maximum Gasteiger partial charge on any atom is 0.391 e. The Labute approximate surface area is 123 Å². The van der Waals surface area contributed by atoms with Crippen LogP contribution in [0, 0.1) is 5.92 Å². The molecule has 1 heterocycles. The summed E-state index contributed by atoms with van der Waals surface area (Å²) in [6.45, 7) is 0. The van der Waals surface area contributed by atoms with Crippen molar-refractivity contribution in [3.8, 4) is 0 Å². The summed E-state index contributed by atoms with van der Waals surface area (Å²) >= 11 is 3.26. The van der Waals surface area contributed by atoms with Gasteiger partial charge in [0.15, 0.2) is 0 Å². The van der Waals surface area contributed by atoms with E-state index >= 15 is 0 Å². The molecule has 0 bridgehead atoms. The van der Waals surface area contributed by atoms with Crippen molar-refractivity contribution in [1.82, 2.24) is 9.88 Å². The SMILES string of the molecule is Cn1cc(Br)cc1C(=O)NC1CCCC(C(F)(F)F)C1. The molecular weight excluding hydrogens is 337 g/mol. The number of halogens is 4. The molecule has 0 aliphatic heterocycles. The monoisotopic (exact) mass is 352 g/mol. The Balaban J connectivity index is 1.99. The molecule has 20 heavy (non-hydrogen) atoms. The lowest BCUT2D eigenvalue weighted by atomic mass is 9.85. The van der Waals surface area contributed by atoms with E-state index in [0.717, 1.165) is 4.47 Å². The van der Waals surface area contributed by atoms with Crippen LogP contribution in [0.4, 0.5) is 13.2 Å². The second kappa shape index (κ2) is 5.79. The highest BCUT2D eigenvalue weighted by Crippen LogP contribution is 2.37. The molecule has 2 atom stereocenters. The van der Waals surface area contributed by atoms with Crippen molar-refractivity contribution < 1.29 is 18.0 Å². The molecule has 1 aliphatic carbocycles. The van der Waals surface area contributed by atoms with E-state index in [-0.39, 0.29) is 18.7 Å². The van der Waals surface area contributed by atoms with Gasteiger partial charge in [-0.25, -0.2) is 0 Å². The van der Waals surface area contributed by atoms with E-state index < -0.39 is 18.1 Å². The maximum atomic E-state index is 12.7. The lowest BCUT2D eigenvalue weighted by molar-refractivity contribution is -0.183. The Kier molecular flexibility index (Phi) is 4.46. The molecule has 0 spiro atoms. The summed E-state index contributed by atoms with van der Waals surface area (Å²) in [6, 6.07) is 1.25. The maximum absolute atomic E-state index is 12.7. The first-order valence-electron chi connectivity index (χ1n) is 6.47. The average molecular weight is 353 g/mol. The lowest BCUT2D eigenvalue weighted by Crippen LogP contribution is -2.42. The standard InChI is InChI=1S/C13H16BrF3N2O/c1-19-7-9(14)6-11(19)12(20)18-10-4-2-3-8(5-10)13(15,16)17/h6-8,10H,2-5H2,1H3,(H,18,20). The van der Waals surface area contributed by atoms with Gasteiger partial charge in [0.05, 0.1) is 5.92 Å². The fraction of sp³-hybridized carbons (Fsp3) is 0.615. The van der Waals surface area contributed by atoms with E-state index in [2.05, 4.69) is 21.2 Å². The number of carbonyl (C=O) groups excluding carboxylic acids is 1. The number of alkyl halides is 3. The number of rotatable bonds is 2. The van der Waals surface area contributed by atoms with Gasteiger partial charge in [0.25, 0.3) is 5.91 Å². The molecule has 112 valence electrons. The first-order valence-corrected chi connectivity index (χ1v) is 7.26. The van der Waals surface area contributed by atoms with Gasteiger partial charge < -0.3 is 9.88 Å². The zero-order valence-electron chi connectivity index (χ0n) is 11.0. The van der Waals surface area contributed by atoms with Crippen LogP contribution in [0.2, 0.25) is 0 Å². The first kappa shape index (κ1) is 15.4. The van der Waals surface area contributed by atoms with E-state index in [1.54, 1.807) is 23.9 Å². The van der Waals surface area contributed by atoms with Gasteiger partial charge in [0, 0.05) is 23.8 Å². The smallest absolute Gasteiger partial charge is 0.348 e. The van der Waals surface area contributed by atoms with Crippen LogP contribution in [0.5, 0.6) is 0 Å². The molecule has 1 aliphatic rings. The van der Waals surface area contributed by atoms with Crippen LogP contribution in [0.1, 0.15) is 36.2 Å². The molecule has 2 rings (SSSR count). The highest BCUT2D eigenvalue weighted by atomic mass is 79.9. The van der Waals surface area contributed by atoms with Crippen LogP contribution in [0.15, 0.2) is 16.7 Å². The van der Waals surface area contributed by atoms with Crippen LogP contribution in [-0.2, 0) is 7.05 Å². The molecule has 1 fully saturated rings. The number of nitrogens with one attached hydrogen (secondary N) is 1. The summed E-state index contributed by atoms with van der Waals surface area (Å²) in [6.07, 6.45) is -1.21. The van der Waals surface area contributed by atoms with E-state index in [0.29, 0.717) is 18.5 Å². The zero-order chi connectivity index (χ0) is 14.9. The van der Waals surface area contributed by atoms with E-state index in [1.807, 2.05) is 0 Å². The van der Waals surface area contributed by atoms with Crippen LogP contribution >= 0.6 is 15.9 Å². The fourth-order valence-corrected chi connectivity index (χ4v) is 3.15. The van der Waals surface area contributed by atoms with E-state index in [4.69, 9.17) is 0 Å². The Morgan fingerprint density at radius 3 is 2.70 bits per heavy atom. The summed E-state index contributed by atoms with van der Waals surface area (Å²) in [5.74, 6) is -1.63. The molecule has 1 aromatic heterocycles. The van der Waals surface area contributed by atoms with Gasteiger partial charge in [0.1, 0.15) is 5.69 Å². The van der Waals surface area contributed by atoms with Crippen molar-refractivity contribution >= 4 is 21.8 Å². The summed E-state index contributed by atoms with van der Waals surface area (Å²) in [4.78, 5) is 12.1. The van der Waals surface area contributed by atoms with Crippen LogP contribution < -0.4 is 5.32 Å². The highest BCUT2D eigenvalue weighted by Gasteiger charge is 2.42. The Morgan fingerprint density at radius 1 is 1.45 bits per heavy atom. The minimum absolute atomic E-state index is 0.0270. The van der Waals surface area contributed by atoms with Gasteiger partial charge in [-0.15, -0.1) is 0 Å². The summed E-state index contributed by atoms with van der Waals surface area (Å²) in [5.41, 5.74) is 0.436. The minimum atomic E-state index is -4.17. The second-order valence-electron chi connectivity index (χ2n) is 5.23. The summed E-state index contributed by atoms with van der Waals surface area (Å²) < 4.78 is 40.6. The highest BCUT2D eigenvalue weighted by molar-refractivity contribution is 9.10. The topological polar surface area (TPSA) is 34.0 Å². The summed E-state index contributed by atoms with van der Waals surface area (Å²) in [5, 5.41) is 2.71. The Hall–Kier alpha value is -0.980. The third-order valence-electron chi connectivity index (χ3n) is 3.68. The van der Waals surface area contributed by atoms with Gasteiger partial charge in [0.2, 0.25) is 0 Å². The van der Waals surface area contributed by atoms with Crippen molar-refractivity contribution in [1.29, 1.82) is 0 Å². The molecule has 3 nitrogen and oxygen atoms in total. The van der Waals surface area contributed by atoms with Gasteiger partial charge in [-0.2, -0.15) is 13.2 Å². The Morgan fingerprint density at radius 2 is 2.15 bits per heavy atom. The third-order valence-corrected chi connectivity index (χ3v) is 4.11. The molecular formula is C13H16BrF3N2O. The Bertz CT molecular complexity index is 498. The molecule has 1 N–H and O–H groups in total. The van der Waals surface area contributed by atoms with Crippen LogP contribution in [0.25, 0.3) is 0 Å². The molecule has 0 aromatic carbocycles. The zero-order valence-corrected chi connectivity index (χ0v) is 12.6. The predicted octanol–water partition coefficient (Wildman–Crippen LogP) is 3.64. The van der Waals surface area contributed by atoms with Gasteiger partial charge in [-0.3, -0.25) is 4.79 Å². The van der Waals surface area contributed by atoms with Gasteiger partial charge in [-0.05, 0) is 41.3 Å². The average Bonchev–Trinajstić information content (AvgIpc) is 2.68. The molecule has 0 saturated heterocycles. The second-order valence-corrected chi connectivity index (χ2v) is 6.15. The van der Waals surface area contributed by atoms with Crippen LogP contribution in [-0.4, -0.2) is 22.7 Å². The van der Waals surface area contributed by atoms with Crippen LogP contribution in [0.3, 0.4) is 0 Å². The fourth-order valence-electron chi connectivity index (χ4n) is 2.63. The van der Waals surface area contributed by atoms with Crippen molar-refractivity contribution in [3.63, 3.8) is 0 Å². The number of amides is 1. The van der Waals surface area contributed by atoms with Gasteiger partial charge in [-0.1, -0.05) is 6.42 Å². The first-order chi connectivity index (χ1) is 9.27. The van der Waals surface area contributed by atoms with Crippen molar-refractivity contribution in [2.45, 2.75) is 37.9 Å². The molecule has 2 unspecified atom stereocenters. The predicted molar refractivity (Wildman–Crippen MR) is 72.4 cm³/mol. The number of aromatic nitrogens is 1. The normalized spacial score (nSPS) is 23.6. The number of aryl methyl sites for hydroxylation is 1. The molecule has 1 amide bonds. The third kappa shape index (κ3) is 3.56. The molecule has 1 aromatic rings. The summed E-state index contributed by atoms with van der Waals surface area (Å²) in [7, 11) is 1.72. The number of nitrogens with zero attached hydrogens (tertiary/aromatic N) is 1.